The van der Waals surface area contributed by atoms with Crippen LogP contribution in [0.4, 0.5) is 4.79 Å². The van der Waals surface area contributed by atoms with Crippen LogP contribution in [-0.2, 0) is 9.47 Å². The number of carbonyl (C=O) groups excluding carboxylic acids is 1. The highest BCUT2D eigenvalue weighted by molar-refractivity contribution is 5.67. The fraction of sp³-hybridized carbons (Fsp3) is 0.929. The van der Waals surface area contributed by atoms with Crippen LogP contribution in [0.1, 0.15) is 46.5 Å². The van der Waals surface area contributed by atoms with E-state index in [4.69, 9.17) is 9.47 Å². The van der Waals surface area contributed by atoms with Crippen molar-refractivity contribution in [3.8, 4) is 0 Å². The molecule has 1 fully saturated rings. The summed E-state index contributed by atoms with van der Waals surface area (Å²) in [6.45, 7) is 7.23. The van der Waals surface area contributed by atoms with Crippen LogP contribution in [0.3, 0.4) is 0 Å². The minimum absolute atomic E-state index is 0.304. The number of alkyl carbamates (subject to hydrolysis) is 1. The van der Waals surface area contributed by atoms with Crippen LogP contribution in [0.5, 0.6) is 0 Å². The molecular formula is C14H27NO3. The number of methoxy groups -OCH3 is 1. The van der Waals surface area contributed by atoms with Crippen molar-refractivity contribution in [3.63, 3.8) is 0 Å². The monoisotopic (exact) mass is 257 g/mol. The highest BCUT2D eigenvalue weighted by Gasteiger charge is 2.22. The molecular weight excluding hydrogens is 230 g/mol. The molecule has 4 nitrogen and oxygen atoms in total. The number of ether oxygens (including phenoxy) is 2. The van der Waals surface area contributed by atoms with E-state index in [1.807, 2.05) is 20.8 Å². The molecule has 0 atom stereocenters. The fourth-order valence-corrected chi connectivity index (χ4v) is 2.38. The van der Waals surface area contributed by atoms with Gasteiger partial charge in [-0.3, -0.25) is 0 Å². The van der Waals surface area contributed by atoms with Gasteiger partial charge in [-0.05, 0) is 58.3 Å². The Labute approximate surface area is 110 Å². The van der Waals surface area contributed by atoms with Crippen molar-refractivity contribution in [1.29, 1.82) is 0 Å². The van der Waals surface area contributed by atoms with Crippen molar-refractivity contribution in [2.45, 2.75) is 52.1 Å². The molecule has 1 aliphatic carbocycles. The highest BCUT2D eigenvalue weighted by atomic mass is 16.6. The van der Waals surface area contributed by atoms with Crippen LogP contribution < -0.4 is 5.32 Å². The average Bonchev–Trinajstić information content (AvgIpc) is 2.26. The topological polar surface area (TPSA) is 47.6 Å². The van der Waals surface area contributed by atoms with Gasteiger partial charge in [0.2, 0.25) is 0 Å². The fourth-order valence-electron chi connectivity index (χ4n) is 2.38. The third-order valence-corrected chi connectivity index (χ3v) is 3.30. The Kier molecular flexibility index (Phi) is 5.93. The Morgan fingerprint density at radius 3 is 2.22 bits per heavy atom. The Hall–Kier alpha value is -0.770. The molecule has 0 radical (unpaired) electrons. The van der Waals surface area contributed by atoms with Crippen molar-refractivity contribution in [1.82, 2.24) is 5.32 Å². The van der Waals surface area contributed by atoms with Crippen LogP contribution in [0, 0.1) is 11.8 Å². The van der Waals surface area contributed by atoms with Gasteiger partial charge in [0.05, 0.1) is 0 Å². The smallest absolute Gasteiger partial charge is 0.407 e. The van der Waals surface area contributed by atoms with E-state index in [1.165, 1.54) is 25.7 Å². The van der Waals surface area contributed by atoms with Gasteiger partial charge in [0, 0.05) is 20.3 Å². The molecule has 0 saturated heterocycles. The zero-order valence-electron chi connectivity index (χ0n) is 12.1. The van der Waals surface area contributed by atoms with Crippen LogP contribution >= 0.6 is 0 Å². The standard InChI is InChI=1S/C14H27NO3/c1-14(2,3)18-13(16)15-9-11-5-7-12(8-6-11)10-17-4/h11-12H,5-10H2,1-4H3,(H,15,16). The van der Waals surface area contributed by atoms with Crippen LogP contribution in [0.2, 0.25) is 0 Å². The third-order valence-electron chi connectivity index (χ3n) is 3.30. The van der Waals surface area contributed by atoms with Gasteiger partial charge < -0.3 is 14.8 Å². The minimum atomic E-state index is -0.416. The lowest BCUT2D eigenvalue weighted by Crippen LogP contribution is -2.36. The molecule has 0 heterocycles. The van der Waals surface area contributed by atoms with Gasteiger partial charge in [0.15, 0.2) is 0 Å². The van der Waals surface area contributed by atoms with Crippen molar-refractivity contribution < 1.29 is 14.3 Å². The molecule has 0 spiro atoms. The van der Waals surface area contributed by atoms with Gasteiger partial charge in [0.1, 0.15) is 5.60 Å². The lowest BCUT2D eigenvalue weighted by atomic mass is 9.82. The maximum Gasteiger partial charge on any atom is 0.407 e. The largest absolute Gasteiger partial charge is 0.444 e. The Morgan fingerprint density at radius 2 is 1.72 bits per heavy atom. The second kappa shape index (κ2) is 6.98. The number of carbonyl (C=O) groups is 1. The quantitative estimate of drug-likeness (QED) is 0.842. The van der Waals surface area contributed by atoms with E-state index in [0.717, 1.165) is 13.2 Å². The number of hydrogen-bond acceptors (Lipinski definition) is 3. The first-order valence-electron chi connectivity index (χ1n) is 6.86. The maximum absolute atomic E-state index is 11.5. The van der Waals surface area contributed by atoms with Crippen molar-refractivity contribution >= 4 is 6.09 Å². The summed E-state index contributed by atoms with van der Waals surface area (Å²) in [5.41, 5.74) is -0.416. The second-order valence-corrected chi connectivity index (χ2v) is 6.22. The number of nitrogens with one attached hydrogen (secondary N) is 1. The van der Waals surface area contributed by atoms with E-state index in [0.29, 0.717) is 11.8 Å². The van der Waals surface area contributed by atoms with Gasteiger partial charge in [-0.15, -0.1) is 0 Å². The lowest BCUT2D eigenvalue weighted by molar-refractivity contribution is 0.0508. The first kappa shape index (κ1) is 15.3. The molecule has 1 amide bonds. The molecule has 1 saturated carbocycles. The average molecular weight is 257 g/mol. The summed E-state index contributed by atoms with van der Waals surface area (Å²) in [6, 6.07) is 0. The lowest BCUT2D eigenvalue weighted by Gasteiger charge is -2.28. The van der Waals surface area contributed by atoms with Gasteiger partial charge in [0.25, 0.3) is 0 Å². The van der Waals surface area contributed by atoms with E-state index < -0.39 is 5.60 Å². The molecule has 0 aliphatic heterocycles. The first-order chi connectivity index (χ1) is 8.40. The van der Waals surface area contributed by atoms with E-state index >= 15 is 0 Å². The molecule has 106 valence electrons. The van der Waals surface area contributed by atoms with Crippen LogP contribution in [-0.4, -0.2) is 32.0 Å². The zero-order valence-corrected chi connectivity index (χ0v) is 12.1. The Bertz CT molecular complexity index is 252. The third kappa shape index (κ3) is 6.24. The molecule has 4 heteroatoms. The van der Waals surface area contributed by atoms with Crippen LogP contribution in [0.15, 0.2) is 0 Å². The van der Waals surface area contributed by atoms with E-state index in [1.54, 1.807) is 7.11 Å². The first-order valence-corrected chi connectivity index (χ1v) is 6.86. The second-order valence-electron chi connectivity index (χ2n) is 6.22. The van der Waals surface area contributed by atoms with Gasteiger partial charge in [-0.1, -0.05) is 0 Å². The number of amides is 1. The van der Waals surface area contributed by atoms with Crippen molar-refractivity contribution in [3.05, 3.63) is 0 Å². The van der Waals surface area contributed by atoms with Gasteiger partial charge in [-0.2, -0.15) is 0 Å². The summed E-state index contributed by atoms with van der Waals surface area (Å²) < 4.78 is 10.4. The summed E-state index contributed by atoms with van der Waals surface area (Å²) in [7, 11) is 1.76. The summed E-state index contributed by atoms with van der Waals surface area (Å²) in [5.74, 6) is 1.29. The molecule has 0 aromatic rings. The molecule has 0 aromatic carbocycles. The Balaban J connectivity index is 2.16. The minimum Gasteiger partial charge on any atom is -0.444 e. The SMILES string of the molecule is COCC1CCC(CNC(=O)OC(C)(C)C)CC1. The molecule has 18 heavy (non-hydrogen) atoms. The van der Waals surface area contributed by atoms with Gasteiger partial charge in [-0.25, -0.2) is 4.79 Å². The molecule has 1 N–H and O–H groups in total. The summed E-state index contributed by atoms with van der Waals surface area (Å²) in [6.07, 6.45) is 4.44. The van der Waals surface area contributed by atoms with Crippen molar-refractivity contribution in [2.24, 2.45) is 11.8 Å². The van der Waals surface area contributed by atoms with E-state index in [-0.39, 0.29) is 6.09 Å². The molecule has 1 rings (SSSR count). The predicted octanol–water partition coefficient (Wildman–Crippen LogP) is 2.96. The summed E-state index contributed by atoms with van der Waals surface area (Å²) in [5, 5.41) is 2.86. The molecule has 1 aliphatic rings. The zero-order chi connectivity index (χ0) is 13.6. The molecule has 0 bridgehead atoms. The van der Waals surface area contributed by atoms with Crippen molar-refractivity contribution in [2.75, 3.05) is 20.3 Å². The number of hydrogen-bond donors (Lipinski definition) is 1. The predicted molar refractivity (Wildman–Crippen MR) is 71.6 cm³/mol. The normalized spacial score (nSPS) is 24.7. The summed E-state index contributed by atoms with van der Waals surface area (Å²) in [4.78, 5) is 11.5. The Morgan fingerprint density at radius 1 is 1.17 bits per heavy atom. The van der Waals surface area contributed by atoms with Crippen LogP contribution in [0.25, 0.3) is 0 Å². The van der Waals surface area contributed by atoms with E-state index in [2.05, 4.69) is 5.32 Å². The summed E-state index contributed by atoms with van der Waals surface area (Å²) >= 11 is 0. The number of rotatable bonds is 4. The maximum atomic E-state index is 11.5. The molecule has 0 unspecified atom stereocenters. The van der Waals surface area contributed by atoms with Gasteiger partial charge >= 0.3 is 6.09 Å². The highest BCUT2D eigenvalue weighted by Crippen LogP contribution is 2.28. The molecule has 0 aromatic heterocycles. The van der Waals surface area contributed by atoms with E-state index in [9.17, 15) is 4.79 Å².